The van der Waals surface area contributed by atoms with E-state index in [0.29, 0.717) is 0 Å². The van der Waals surface area contributed by atoms with Crippen molar-refractivity contribution >= 4 is 0 Å². The van der Waals surface area contributed by atoms with Crippen molar-refractivity contribution in [2.75, 3.05) is 13.1 Å². The summed E-state index contributed by atoms with van der Waals surface area (Å²) in [5.74, 6) is 0.931. The molecular weight excluding hydrogens is 174 g/mol. The lowest BCUT2D eigenvalue weighted by Crippen LogP contribution is -2.45. The van der Waals surface area contributed by atoms with Gasteiger partial charge in [0, 0.05) is 12.6 Å². The minimum atomic E-state index is -0.0527. The lowest BCUT2D eigenvalue weighted by atomic mass is 9.86. The zero-order chi connectivity index (χ0) is 9.97. The quantitative estimate of drug-likeness (QED) is 0.695. The Morgan fingerprint density at radius 1 is 1.07 bits per heavy atom. The molecule has 2 fully saturated rings. The molecule has 2 rings (SSSR count). The Balaban J connectivity index is 1.82. The van der Waals surface area contributed by atoms with Crippen LogP contribution < -0.4 is 0 Å². The number of hydrogen-bond donors (Lipinski definition) is 1. The Morgan fingerprint density at radius 2 is 1.79 bits per heavy atom. The Kier molecular flexibility index (Phi) is 3.45. The predicted octanol–water partition coefficient (Wildman–Crippen LogP) is 2.02. The molecule has 1 aliphatic heterocycles. The van der Waals surface area contributed by atoms with E-state index < -0.39 is 0 Å². The van der Waals surface area contributed by atoms with Crippen molar-refractivity contribution in [1.82, 2.24) is 4.90 Å². The molecule has 0 amide bonds. The van der Waals surface area contributed by atoms with Crippen LogP contribution in [0.3, 0.4) is 0 Å². The minimum absolute atomic E-state index is 0.0527. The van der Waals surface area contributed by atoms with Crippen molar-refractivity contribution in [1.29, 1.82) is 0 Å². The summed E-state index contributed by atoms with van der Waals surface area (Å²) >= 11 is 0. The highest BCUT2D eigenvalue weighted by Gasteiger charge is 2.27. The molecule has 0 aromatic heterocycles. The van der Waals surface area contributed by atoms with E-state index >= 15 is 0 Å². The van der Waals surface area contributed by atoms with Gasteiger partial charge in [-0.15, -0.1) is 0 Å². The average molecular weight is 197 g/mol. The second-order valence-corrected chi connectivity index (χ2v) is 5.20. The van der Waals surface area contributed by atoms with E-state index in [1.54, 1.807) is 0 Å². The number of nitrogens with zero attached hydrogens (tertiary/aromatic N) is 1. The van der Waals surface area contributed by atoms with Gasteiger partial charge in [-0.25, -0.2) is 0 Å². The van der Waals surface area contributed by atoms with E-state index in [1.807, 2.05) is 0 Å². The molecule has 1 heterocycles. The van der Waals surface area contributed by atoms with Crippen LogP contribution in [0.25, 0.3) is 0 Å². The zero-order valence-corrected chi connectivity index (χ0v) is 9.28. The molecule has 2 aliphatic rings. The average Bonchev–Trinajstić information content (AvgIpc) is 2.19. The van der Waals surface area contributed by atoms with E-state index in [0.717, 1.165) is 24.9 Å². The van der Waals surface area contributed by atoms with Gasteiger partial charge < -0.3 is 5.11 Å². The summed E-state index contributed by atoms with van der Waals surface area (Å²) in [5.41, 5.74) is 0. The van der Waals surface area contributed by atoms with Crippen LogP contribution in [-0.2, 0) is 0 Å². The highest BCUT2D eigenvalue weighted by atomic mass is 16.3. The van der Waals surface area contributed by atoms with Crippen LogP contribution in [-0.4, -0.2) is 35.2 Å². The van der Waals surface area contributed by atoms with Crippen molar-refractivity contribution < 1.29 is 5.11 Å². The van der Waals surface area contributed by atoms with E-state index in [1.165, 1.54) is 38.6 Å². The molecule has 0 radical (unpaired) electrons. The molecule has 1 saturated carbocycles. The lowest BCUT2D eigenvalue weighted by molar-refractivity contribution is 0.0322. The second-order valence-electron chi connectivity index (χ2n) is 5.20. The largest absolute Gasteiger partial charge is 0.392 e. The molecule has 1 aliphatic carbocycles. The first kappa shape index (κ1) is 10.4. The van der Waals surface area contributed by atoms with Crippen molar-refractivity contribution in [2.45, 2.75) is 57.6 Å². The summed E-state index contributed by atoms with van der Waals surface area (Å²) < 4.78 is 0. The summed E-state index contributed by atoms with van der Waals surface area (Å²) in [6.07, 6.45) is 7.63. The molecule has 1 saturated heterocycles. The van der Waals surface area contributed by atoms with Crippen molar-refractivity contribution in [3.63, 3.8) is 0 Å². The monoisotopic (exact) mass is 197 g/mol. The summed E-state index contributed by atoms with van der Waals surface area (Å²) in [6, 6.07) is 0.779. The van der Waals surface area contributed by atoms with Crippen LogP contribution in [0, 0.1) is 5.92 Å². The van der Waals surface area contributed by atoms with E-state index in [9.17, 15) is 5.11 Å². The molecule has 0 unspecified atom stereocenters. The molecule has 0 bridgehead atoms. The molecule has 2 nitrogen and oxygen atoms in total. The van der Waals surface area contributed by atoms with E-state index in [2.05, 4.69) is 11.8 Å². The van der Waals surface area contributed by atoms with Gasteiger partial charge in [-0.3, -0.25) is 4.90 Å². The summed E-state index contributed by atoms with van der Waals surface area (Å²) in [4.78, 5) is 2.53. The third-order valence-corrected chi connectivity index (χ3v) is 3.93. The van der Waals surface area contributed by atoms with Gasteiger partial charge in [0.1, 0.15) is 0 Å². The Hall–Kier alpha value is -0.0800. The van der Waals surface area contributed by atoms with Crippen LogP contribution in [0.1, 0.15) is 45.4 Å². The number of likely N-dealkylation sites (tertiary alicyclic amines) is 1. The SMILES string of the molecule is CC1CCC(N2CCC[C@H](O)C2)CC1. The molecule has 82 valence electrons. The number of aliphatic hydroxyl groups is 1. The number of aliphatic hydroxyl groups excluding tert-OH is 1. The van der Waals surface area contributed by atoms with Crippen LogP contribution in [0.15, 0.2) is 0 Å². The van der Waals surface area contributed by atoms with E-state index in [-0.39, 0.29) is 6.10 Å². The molecule has 0 aromatic carbocycles. The fourth-order valence-electron chi connectivity index (χ4n) is 2.92. The van der Waals surface area contributed by atoms with Crippen LogP contribution >= 0.6 is 0 Å². The van der Waals surface area contributed by atoms with Crippen LogP contribution in [0.5, 0.6) is 0 Å². The molecule has 0 aromatic rings. The number of hydrogen-bond acceptors (Lipinski definition) is 2. The first-order valence-electron chi connectivity index (χ1n) is 6.18. The predicted molar refractivity (Wildman–Crippen MR) is 58.2 cm³/mol. The summed E-state index contributed by atoms with van der Waals surface area (Å²) in [5, 5.41) is 9.62. The third-order valence-electron chi connectivity index (χ3n) is 3.93. The number of piperidine rings is 1. The number of β-amino-alcohol motifs (C(OH)–C–C–N with tert-alkyl or cyclic N) is 1. The molecule has 1 atom stereocenters. The second kappa shape index (κ2) is 4.63. The van der Waals surface area contributed by atoms with Gasteiger partial charge in [-0.1, -0.05) is 6.92 Å². The van der Waals surface area contributed by atoms with Crippen molar-refractivity contribution in [2.24, 2.45) is 5.92 Å². The third kappa shape index (κ3) is 2.48. The smallest absolute Gasteiger partial charge is 0.0667 e. The van der Waals surface area contributed by atoms with Crippen molar-refractivity contribution in [3.05, 3.63) is 0 Å². The highest BCUT2D eigenvalue weighted by molar-refractivity contribution is 4.82. The van der Waals surface area contributed by atoms with Crippen molar-refractivity contribution in [3.8, 4) is 0 Å². The minimum Gasteiger partial charge on any atom is -0.392 e. The maximum absolute atomic E-state index is 9.62. The van der Waals surface area contributed by atoms with E-state index in [4.69, 9.17) is 0 Å². The molecule has 14 heavy (non-hydrogen) atoms. The maximum atomic E-state index is 9.62. The lowest BCUT2D eigenvalue weighted by Gasteiger charge is -2.39. The zero-order valence-electron chi connectivity index (χ0n) is 9.28. The Bertz CT molecular complexity index is 175. The summed E-state index contributed by atoms with van der Waals surface area (Å²) in [6.45, 7) is 4.51. The van der Waals surface area contributed by atoms with Crippen LogP contribution in [0.4, 0.5) is 0 Å². The Morgan fingerprint density at radius 3 is 2.43 bits per heavy atom. The van der Waals surface area contributed by atoms with Gasteiger partial charge in [0.15, 0.2) is 0 Å². The normalized spacial score (nSPS) is 41.1. The van der Waals surface area contributed by atoms with Gasteiger partial charge in [-0.05, 0) is 51.0 Å². The molecular formula is C12H23NO. The fraction of sp³-hybridized carbons (Fsp3) is 1.00. The first-order valence-corrected chi connectivity index (χ1v) is 6.18. The topological polar surface area (TPSA) is 23.5 Å². The van der Waals surface area contributed by atoms with Gasteiger partial charge in [0.05, 0.1) is 6.10 Å². The fourth-order valence-corrected chi connectivity index (χ4v) is 2.92. The van der Waals surface area contributed by atoms with Crippen LogP contribution in [0.2, 0.25) is 0 Å². The summed E-state index contributed by atoms with van der Waals surface area (Å²) in [7, 11) is 0. The first-order chi connectivity index (χ1) is 6.75. The standard InChI is InChI=1S/C12H23NO/c1-10-4-6-11(7-5-10)13-8-2-3-12(14)9-13/h10-12,14H,2-9H2,1H3/t10?,11?,12-/m0/s1. The number of rotatable bonds is 1. The Labute approximate surface area is 87.3 Å². The van der Waals surface area contributed by atoms with Gasteiger partial charge in [-0.2, -0.15) is 0 Å². The van der Waals surface area contributed by atoms with Gasteiger partial charge in [0.2, 0.25) is 0 Å². The molecule has 0 spiro atoms. The highest BCUT2D eigenvalue weighted by Crippen LogP contribution is 2.28. The maximum Gasteiger partial charge on any atom is 0.0667 e. The van der Waals surface area contributed by atoms with Gasteiger partial charge >= 0.3 is 0 Å². The van der Waals surface area contributed by atoms with Gasteiger partial charge in [0.25, 0.3) is 0 Å². The molecule has 2 heteroatoms. The molecule has 1 N–H and O–H groups in total.